The third kappa shape index (κ3) is 6.71. The SMILES string of the molecule is CCNC(=O)C(CC)N(Cc1ccc(OC)cc1)C(=O)CN(c1ccccc1)S(=O)(=O)N(C)C. The van der Waals surface area contributed by atoms with E-state index < -0.39 is 28.7 Å². The van der Waals surface area contributed by atoms with E-state index in [2.05, 4.69) is 5.32 Å². The molecule has 2 rings (SSSR count). The van der Waals surface area contributed by atoms with Crippen molar-refractivity contribution < 1.29 is 22.7 Å². The molecular formula is C24H34N4O5S. The van der Waals surface area contributed by atoms with Crippen LogP contribution in [-0.4, -0.2) is 69.8 Å². The normalized spacial score (nSPS) is 12.2. The Morgan fingerprint density at radius 3 is 2.12 bits per heavy atom. The molecule has 1 N–H and O–H groups in total. The fourth-order valence-corrected chi connectivity index (χ4v) is 4.51. The number of hydrogen-bond donors (Lipinski definition) is 1. The Bertz CT molecular complexity index is 1040. The van der Waals surface area contributed by atoms with Crippen LogP contribution in [0.25, 0.3) is 0 Å². The van der Waals surface area contributed by atoms with Gasteiger partial charge in [-0.1, -0.05) is 37.3 Å². The van der Waals surface area contributed by atoms with Crippen LogP contribution < -0.4 is 14.4 Å². The van der Waals surface area contributed by atoms with Crippen molar-refractivity contribution in [3.63, 3.8) is 0 Å². The molecule has 0 aliphatic heterocycles. The van der Waals surface area contributed by atoms with Crippen molar-refractivity contribution in [2.75, 3.05) is 38.6 Å². The summed E-state index contributed by atoms with van der Waals surface area (Å²) in [6.45, 7) is 3.74. The molecule has 1 unspecified atom stereocenters. The van der Waals surface area contributed by atoms with E-state index in [-0.39, 0.29) is 12.5 Å². The van der Waals surface area contributed by atoms with Crippen LogP contribution in [0.1, 0.15) is 25.8 Å². The summed E-state index contributed by atoms with van der Waals surface area (Å²) >= 11 is 0. The van der Waals surface area contributed by atoms with Crippen molar-refractivity contribution in [1.82, 2.24) is 14.5 Å². The van der Waals surface area contributed by atoms with Crippen LogP contribution in [0.3, 0.4) is 0 Å². The number of hydrogen-bond acceptors (Lipinski definition) is 5. The second-order valence-corrected chi connectivity index (χ2v) is 9.89. The predicted octanol–water partition coefficient (Wildman–Crippen LogP) is 2.25. The molecule has 2 amide bonds. The molecule has 186 valence electrons. The number of ether oxygens (including phenoxy) is 1. The molecule has 0 aromatic heterocycles. The topological polar surface area (TPSA) is 99.3 Å². The van der Waals surface area contributed by atoms with Gasteiger partial charge in [0.25, 0.3) is 0 Å². The van der Waals surface area contributed by atoms with Gasteiger partial charge in [0.15, 0.2) is 0 Å². The maximum Gasteiger partial charge on any atom is 0.304 e. The van der Waals surface area contributed by atoms with E-state index in [0.717, 1.165) is 14.2 Å². The number of rotatable bonds is 12. The van der Waals surface area contributed by atoms with Crippen LogP contribution in [0.2, 0.25) is 0 Å². The lowest BCUT2D eigenvalue weighted by molar-refractivity contribution is -0.140. The Morgan fingerprint density at radius 2 is 1.62 bits per heavy atom. The number of likely N-dealkylation sites (N-methyl/N-ethyl adjacent to an activating group) is 1. The first kappa shape index (κ1) is 27.1. The van der Waals surface area contributed by atoms with Gasteiger partial charge in [0.05, 0.1) is 12.8 Å². The molecule has 0 fully saturated rings. The minimum atomic E-state index is -3.96. The summed E-state index contributed by atoms with van der Waals surface area (Å²) in [6.07, 6.45) is 0.374. The first-order valence-electron chi connectivity index (χ1n) is 11.1. The van der Waals surface area contributed by atoms with Crippen molar-refractivity contribution in [3.05, 3.63) is 60.2 Å². The molecule has 0 spiro atoms. The second-order valence-electron chi connectivity index (χ2n) is 7.82. The molecule has 0 heterocycles. The average Bonchev–Trinajstić information content (AvgIpc) is 2.83. The van der Waals surface area contributed by atoms with E-state index in [0.29, 0.717) is 24.4 Å². The smallest absolute Gasteiger partial charge is 0.304 e. The van der Waals surface area contributed by atoms with E-state index in [4.69, 9.17) is 4.74 Å². The molecule has 0 aliphatic rings. The lowest BCUT2D eigenvalue weighted by Crippen LogP contribution is -2.53. The summed E-state index contributed by atoms with van der Waals surface area (Å²) < 4.78 is 33.5. The summed E-state index contributed by atoms with van der Waals surface area (Å²) in [5.74, 6) is -0.0958. The highest BCUT2D eigenvalue weighted by atomic mass is 32.2. The Hall–Kier alpha value is -3.11. The molecule has 0 saturated carbocycles. The Balaban J connectivity index is 2.45. The number of amides is 2. The Morgan fingerprint density at radius 1 is 1.00 bits per heavy atom. The maximum atomic E-state index is 13.6. The zero-order valence-corrected chi connectivity index (χ0v) is 21.2. The van der Waals surface area contributed by atoms with Gasteiger partial charge in [-0.25, -0.2) is 4.31 Å². The number of anilines is 1. The summed E-state index contributed by atoms with van der Waals surface area (Å²) in [5.41, 5.74) is 1.15. The van der Waals surface area contributed by atoms with E-state index in [1.165, 1.54) is 19.0 Å². The molecule has 2 aromatic rings. The van der Waals surface area contributed by atoms with Crippen molar-refractivity contribution in [3.8, 4) is 5.75 Å². The number of nitrogens with zero attached hydrogens (tertiary/aromatic N) is 3. The Labute approximate surface area is 202 Å². The minimum Gasteiger partial charge on any atom is -0.497 e. The molecule has 34 heavy (non-hydrogen) atoms. The van der Waals surface area contributed by atoms with Crippen molar-refractivity contribution in [2.24, 2.45) is 0 Å². The molecule has 10 heteroatoms. The summed E-state index contributed by atoms with van der Waals surface area (Å²) in [6, 6.07) is 14.9. The highest BCUT2D eigenvalue weighted by Crippen LogP contribution is 2.21. The van der Waals surface area contributed by atoms with E-state index in [1.54, 1.807) is 56.5 Å². The van der Waals surface area contributed by atoms with Gasteiger partial charge in [-0.15, -0.1) is 0 Å². The summed E-state index contributed by atoms with van der Waals surface area (Å²) in [4.78, 5) is 27.9. The minimum absolute atomic E-state index is 0.142. The van der Waals surface area contributed by atoms with Crippen LogP contribution in [-0.2, 0) is 26.3 Å². The highest BCUT2D eigenvalue weighted by molar-refractivity contribution is 7.90. The lowest BCUT2D eigenvalue weighted by atomic mass is 10.1. The first-order valence-corrected chi connectivity index (χ1v) is 12.5. The van der Waals surface area contributed by atoms with Gasteiger partial charge in [-0.05, 0) is 43.2 Å². The molecule has 0 saturated heterocycles. The van der Waals surface area contributed by atoms with Crippen LogP contribution in [0, 0.1) is 0 Å². The van der Waals surface area contributed by atoms with Gasteiger partial charge in [-0.3, -0.25) is 9.59 Å². The van der Waals surface area contributed by atoms with Crippen LogP contribution in [0.15, 0.2) is 54.6 Å². The van der Waals surface area contributed by atoms with Crippen molar-refractivity contribution >= 4 is 27.7 Å². The number of benzene rings is 2. The number of methoxy groups -OCH3 is 1. The van der Waals surface area contributed by atoms with Crippen LogP contribution in [0.4, 0.5) is 5.69 Å². The number of carbonyl (C=O) groups is 2. The highest BCUT2D eigenvalue weighted by Gasteiger charge is 2.33. The second kappa shape index (κ2) is 12.4. The fraction of sp³-hybridized carbons (Fsp3) is 0.417. The van der Waals surface area contributed by atoms with Crippen LogP contribution >= 0.6 is 0 Å². The van der Waals surface area contributed by atoms with Crippen LogP contribution in [0.5, 0.6) is 5.75 Å². The molecule has 0 aliphatic carbocycles. The Kier molecular flexibility index (Phi) is 9.88. The number of nitrogens with one attached hydrogen (secondary N) is 1. The van der Waals surface area contributed by atoms with Gasteiger partial charge in [0, 0.05) is 27.2 Å². The van der Waals surface area contributed by atoms with Gasteiger partial charge < -0.3 is 15.0 Å². The van der Waals surface area contributed by atoms with E-state index in [1.807, 2.05) is 19.1 Å². The van der Waals surface area contributed by atoms with Crippen molar-refractivity contribution in [2.45, 2.75) is 32.9 Å². The molecule has 0 bridgehead atoms. The maximum absolute atomic E-state index is 13.6. The molecule has 9 nitrogen and oxygen atoms in total. The molecular weight excluding hydrogens is 456 g/mol. The summed E-state index contributed by atoms with van der Waals surface area (Å²) in [5, 5.41) is 2.78. The molecule has 1 atom stereocenters. The monoisotopic (exact) mass is 490 g/mol. The quantitative estimate of drug-likeness (QED) is 0.492. The zero-order valence-electron chi connectivity index (χ0n) is 20.4. The largest absolute Gasteiger partial charge is 0.497 e. The van der Waals surface area contributed by atoms with Crippen molar-refractivity contribution in [1.29, 1.82) is 0 Å². The predicted molar refractivity (Wildman–Crippen MR) is 133 cm³/mol. The van der Waals surface area contributed by atoms with Gasteiger partial charge in [0.2, 0.25) is 11.8 Å². The fourth-order valence-electron chi connectivity index (χ4n) is 3.45. The first-order chi connectivity index (χ1) is 16.1. The van der Waals surface area contributed by atoms with E-state index >= 15 is 0 Å². The average molecular weight is 491 g/mol. The molecule has 0 radical (unpaired) electrons. The standard InChI is InChI=1S/C24H34N4O5S/c1-6-22(24(30)25-7-2)27(17-19-13-15-21(33-5)16-14-19)23(29)18-28(34(31,32)26(3)4)20-11-9-8-10-12-20/h8-16,22H,6-7,17-18H2,1-5H3,(H,25,30). The van der Waals surface area contributed by atoms with Gasteiger partial charge in [-0.2, -0.15) is 12.7 Å². The lowest BCUT2D eigenvalue weighted by Gasteiger charge is -2.33. The third-order valence-corrected chi connectivity index (χ3v) is 7.13. The third-order valence-electron chi connectivity index (χ3n) is 5.31. The van der Waals surface area contributed by atoms with Gasteiger partial charge in [0.1, 0.15) is 18.3 Å². The molecule has 2 aromatic carbocycles. The number of carbonyl (C=O) groups excluding carboxylic acids is 2. The number of para-hydroxylation sites is 1. The van der Waals surface area contributed by atoms with Gasteiger partial charge >= 0.3 is 10.2 Å². The summed E-state index contributed by atoms with van der Waals surface area (Å²) in [7, 11) is 0.425. The van der Waals surface area contributed by atoms with E-state index in [9.17, 15) is 18.0 Å². The zero-order chi connectivity index (χ0) is 25.3.